The van der Waals surface area contributed by atoms with Crippen LogP contribution in [-0.4, -0.2) is 23.7 Å². The van der Waals surface area contributed by atoms with E-state index in [-0.39, 0.29) is 18.9 Å². The molecule has 1 aromatic heterocycles. The highest BCUT2D eigenvalue weighted by Gasteiger charge is 2.41. The summed E-state index contributed by atoms with van der Waals surface area (Å²) >= 11 is 0. The lowest BCUT2D eigenvalue weighted by atomic mass is 9.85. The SMILES string of the molecule is FC(F)(F)C1CCCC(NCCc2cccnc2)C1. The quantitative estimate of drug-likeness (QED) is 0.909. The summed E-state index contributed by atoms with van der Waals surface area (Å²) in [5, 5.41) is 3.24. The van der Waals surface area contributed by atoms with Crippen LogP contribution in [-0.2, 0) is 6.42 Å². The predicted molar refractivity (Wildman–Crippen MR) is 67.7 cm³/mol. The highest BCUT2D eigenvalue weighted by Crippen LogP contribution is 2.37. The minimum Gasteiger partial charge on any atom is -0.314 e. The minimum absolute atomic E-state index is 0.00273. The smallest absolute Gasteiger partial charge is 0.314 e. The molecule has 2 nitrogen and oxygen atoms in total. The van der Waals surface area contributed by atoms with Gasteiger partial charge in [0.2, 0.25) is 0 Å². The van der Waals surface area contributed by atoms with Crippen molar-refractivity contribution >= 4 is 0 Å². The summed E-state index contributed by atoms with van der Waals surface area (Å²) in [6.45, 7) is 0.709. The number of pyridine rings is 1. The average Bonchev–Trinajstić information content (AvgIpc) is 2.39. The van der Waals surface area contributed by atoms with E-state index in [1.165, 1.54) is 0 Å². The number of nitrogens with zero attached hydrogens (tertiary/aromatic N) is 1. The second kappa shape index (κ2) is 6.37. The van der Waals surface area contributed by atoms with Crippen LogP contribution in [0.3, 0.4) is 0 Å². The summed E-state index contributed by atoms with van der Waals surface area (Å²) in [6, 6.07) is 3.85. The summed E-state index contributed by atoms with van der Waals surface area (Å²) in [7, 11) is 0. The lowest BCUT2D eigenvalue weighted by Gasteiger charge is -2.31. The van der Waals surface area contributed by atoms with Gasteiger partial charge in [-0.2, -0.15) is 13.2 Å². The first kappa shape index (κ1) is 14.3. The van der Waals surface area contributed by atoms with Crippen molar-refractivity contribution in [3.05, 3.63) is 30.1 Å². The Morgan fingerprint density at radius 3 is 2.84 bits per heavy atom. The van der Waals surface area contributed by atoms with Gasteiger partial charge in [-0.3, -0.25) is 4.98 Å². The van der Waals surface area contributed by atoms with Crippen molar-refractivity contribution in [1.29, 1.82) is 0 Å². The molecular weight excluding hydrogens is 253 g/mol. The van der Waals surface area contributed by atoms with Gasteiger partial charge in [-0.15, -0.1) is 0 Å². The van der Waals surface area contributed by atoms with Crippen molar-refractivity contribution in [1.82, 2.24) is 10.3 Å². The molecule has 1 N–H and O–H groups in total. The molecule has 1 aromatic rings. The van der Waals surface area contributed by atoms with Gasteiger partial charge in [0.25, 0.3) is 0 Å². The highest BCUT2D eigenvalue weighted by molar-refractivity contribution is 5.08. The van der Waals surface area contributed by atoms with Crippen LogP contribution >= 0.6 is 0 Å². The Bertz CT molecular complexity index is 378. The maximum atomic E-state index is 12.7. The van der Waals surface area contributed by atoms with Crippen molar-refractivity contribution < 1.29 is 13.2 Å². The monoisotopic (exact) mass is 272 g/mol. The number of hydrogen-bond donors (Lipinski definition) is 1. The molecule has 19 heavy (non-hydrogen) atoms. The molecule has 0 spiro atoms. The molecule has 0 radical (unpaired) electrons. The second-order valence-corrected chi connectivity index (χ2v) is 5.17. The van der Waals surface area contributed by atoms with Crippen molar-refractivity contribution in [2.75, 3.05) is 6.54 Å². The Labute approximate surface area is 111 Å². The molecule has 1 aliphatic carbocycles. The van der Waals surface area contributed by atoms with Crippen molar-refractivity contribution in [2.24, 2.45) is 5.92 Å². The zero-order chi connectivity index (χ0) is 13.7. The van der Waals surface area contributed by atoms with E-state index in [1.54, 1.807) is 12.4 Å². The summed E-state index contributed by atoms with van der Waals surface area (Å²) in [4.78, 5) is 4.02. The maximum Gasteiger partial charge on any atom is 0.391 e. The maximum absolute atomic E-state index is 12.7. The van der Waals surface area contributed by atoms with Gasteiger partial charge in [-0.1, -0.05) is 12.5 Å². The van der Waals surface area contributed by atoms with Crippen LogP contribution in [0.5, 0.6) is 0 Å². The number of rotatable bonds is 4. The van der Waals surface area contributed by atoms with Gasteiger partial charge in [0, 0.05) is 18.4 Å². The molecule has 106 valence electrons. The molecule has 2 rings (SSSR count). The molecule has 2 unspecified atom stereocenters. The number of alkyl halides is 3. The lowest BCUT2D eigenvalue weighted by molar-refractivity contribution is -0.183. The largest absolute Gasteiger partial charge is 0.391 e. The van der Waals surface area contributed by atoms with Gasteiger partial charge >= 0.3 is 6.18 Å². The van der Waals surface area contributed by atoms with E-state index < -0.39 is 12.1 Å². The molecule has 0 aliphatic heterocycles. The van der Waals surface area contributed by atoms with Gasteiger partial charge in [-0.05, 0) is 43.9 Å². The standard InChI is InChI=1S/C14H19F3N2/c15-14(16,17)12-4-1-5-13(9-12)19-8-6-11-3-2-7-18-10-11/h2-3,7,10,12-13,19H,1,4-6,8-9H2. The summed E-state index contributed by atoms with van der Waals surface area (Å²) in [6.07, 6.45) is 2.28. The van der Waals surface area contributed by atoms with E-state index in [4.69, 9.17) is 0 Å². The zero-order valence-corrected chi connectivity index (χ0v) is 10.8. The van der Waals surface area contributed by atoms with Gasteiger partial charge < -0.3 is 5.32 Å². The van der Waals surface area contributed by atoms with Gasteiger partial charge in [-0.25, -0.2) is 0 Å². The Kier molecular flexibility index (Phi) is 4.80. The first-order valence-electron chi connectivity index (χ1n) is 6.74. The fourth-order valence-electron chi connectivity index (χ4n) is 2.64. The van der Waals surface area contributed by atoms with E-state index in [9.17, 15) is 13.2 Å². The number of aromatic nitrogens is 1. The fourth-order valence-corrected chi connectivity index (χ4v) is 2.64. The second-order valence-electron chi connectivity index (χ2n) is 5.17. The first-order chi connectivity index (χ1) is 9.05. The molecule has 5 heteroatoms. The predicted octanol–water partition coefficient (Wildman–Crippen LogP) is 3.33. The van der Waals surface area contributed by atoms with Crippen molar-refractivity contribution in [2.45, 2.75) is 44.3 Å². The molecule has 0 amide bonds. The zero-order valence-electron chi connectivity index (χ0n) is 10.8. The van der Waals surface area contributed by atoms with E-state index in [0.29, 0.717) is 13.0 Å². The number of halogens is 3. The summed E-state index contributed by atoms with van der Waals surface area (Å²) < 4.78 is 38.0. The van der Waals surface area contributed by atoms with E-state index in [1.807, 2.05) is 12.1 Å². The van der Waals surface area contributed by atoms with Crippen LogP contribution in [0.25, 0.3) is 0 Å². The van der Waals surface area contributed by atoms with Crippen LogP contribution in [0.1, 0.15) is 31.2 Å². The number of nitrogens with one attached hydrogen (secondary N) is 1. The van der Waals surface area contributed by atoms with Crippen LogP contribution < -0.4 is 5.32 Å². The third-order valence-electron chi connectivity index (χ3n) is 3.71. The molecule has 0 aromatic carbocycles. The molecule has 1 heterocycles. The third kappa shape index (κ3) is 4.49. The van der Waals surface area contributed by atoms with E-state index in [0.717, 1.165) is 18.4 Å². The third-order valence-corrected chi connectivity index (χ3v) is 3.71. The van der Waals surface area contributed by atoms with Gasteiger partial charge in [0.1, 0.15) is 0 Å². The Balaban J connectivity index is 1.74. The van der Waals surface area contributed by atoms with Crippen LogP contribution in [0.4, 0.5) is 13.2 Å². The van der Waals surface area contributed by atoms with E-state index in [2.05, 4.69) is 10.3 Å². The Morgan fingerprint density at radius 1 is 1.32 bits per heavy atom. The topological polar surface area (TPSA) is 24.9 Å². The van der Waals surface area contributed by atoms with Crippen LogP contribution in [0.2, 0.25) is 0 Å². The number of hydrogen-bond acceptors (Lipinski definition) is 2. The van der Waals surface area contributed by atoms with Crippen LogP contribution in [0.15, 0.2) is 24.5 Å². The van der Waals surface area contributed by atoms with Gasteiger partial charge in [0.05, 0.1) is 5.92 Å². The molecule has 1 fully saturated rings. The minimum atomic E-state index is -4.04. The normalized spacial score (nSPS) is 24.4. The molecule has 1 aliphatic rings. The fraction of sp³-hybridized carbons (Fsp3) is 0.643. The summed E-state index contributed by atoms with van der Waals surface area (Å²) in [5.74, 6) is -1.13. The summed E-state index contributed by atoms with van der Waals surface area (Å²) in [5.41, 5.74) is 1.11. The molecule has 1 saturated carbocycles. The van der Waals surface area contributed by atoms with Gasteiger partial charge in [0.15, 0.2) is 0 Å². The first-order valence-corrected chi connectivity index (χ1v) is 6.74. The molecule has 0 bridgehead atoms. The average molecular weight is 272 g/mol. The highest BCUT2D eigenvalue weighted by atomic mass is 19.4. The Morgan fingerprint density at radius 2 is 2.16 bits per heavy atom. The molecule has 2 atom stereocenters. The Hall–Kier alpha value is -1.10. The van der Waals surface area contributed by atoms with Crippen LogP contribution in [0, 0.1) is 5.92 Å². The van der Waals surface area contributed by atoms with Crippen molar-refractivity contribution in [3.8, 4) is 0 Å². The molecular formula is C14H19F3N2. The van der Waals surface area contributed by atoms with E-state index >= 15 is 0 Å². The lowest BCUT2D eigenvalue weighted by Crippen LogP contribution is -2.39. The van der Waals surface area contributed by atoms with Crippen molar-refractivity contribution in [3.63, 3.8) is 0 Å². The molecule has 0 saturated heterocycles.